The SMILES string of the molecule is Cc1ccc(C(=O)N(CCCl)C2CC2)o1. The molecule has 1 fully saturated rings. The van der Waals surface area contributed by atoms with E-state index in [-0.39, 0.29) is 5.91 Å². The molecule has 15 heavy (non-hydrogen) atoms. The second-order valence-electron chi connectivity index (χ2n) is 3.83. The van der Waals surface area contributed by atoms with E-state index >= 15 is 0 Å². The van der Waals surface area contributed by atoms with Crippen molar-refractivity contribution >= 4 is 17.5 Å². The third-order valence-corrected chi connectivity index (χ3v) is 2.69. The van der Waals surface area contributed by atoms with Gasteiger partial charge in [0.15, 0.2) is 5.76 Å². The molecule has 0 spiro atoms. The van der Waals surface area contributed by atoms with Crippen LogP contribution in [0.3, 0.4) is 0 Å². The Balaban J connectivity index is 2.10. The van der Waals surface area contributed by atoms with Gasteiger partial charge in [-0.15, -0.1) is 11.6 Å². The lowest BCUT2D eigenvalue weighted by molar-refractivity contribution is 0.0720. The van der Waals surface area contributed by atoms with Gasteiger partial charge in [-0.25, -0.2) is 0 Å². The lowest BCUT2D eigenvalue weighted by Crippen LogP contribution is -2.34. The number of alkyl halides is 1. The number of carbonyl (C=O) groups excluding carboxylic acids is 1. The number of amides is 1. The molecule has 3 nitrogen and oxygen atoms in total. The molecule has 1 aromatic rings. The fraction of sp³-hybridized carbons (Fsp3) is 0.545. The predicted molar refractivity (Wildman–Crippen MR) is 58.2 cm³/mol. The van der Waals surface area contributed by atoms with Crippen LogP contribution in [0.1, 0.15) is 29.2 Å². The summed E-state index contributed by atoms with van der Waals surface area (Å²) >= 11 is 5.68. The monoisotopic (exact) mass is 227 g/mol. The molecule has 0 saturated heterocycles. The first-order chi connectivity index (χ1) is 7.22. The maximum absolute atomic E-state index is 12.0. The van der Waals surface area contributed by atoms with Crippen LogP contribution in [0.4, 0.5) is 0 Å². The maximum Gasteiger partial charge on any atom is 0.289 e. The molecule has 1 aliphatic carbocycles. The van der Waals surface area contributed by atoms with Gasteiger partial charge in [-0.1, -0.05) is 0 Å². The first kappa shape index (κ1) is 10.6. The Morgan fingerprint density at radius 1 is 1.60 bits per heavy atom. The van der Waals surface area contributed by atoms with Crippen molar-refractivity contribution in [3.8, 4) is 0 Å². The van der Waals surface area contributed by atoms with Gasteiger partial charge in [0, 0.05) is 18.5 Å². The van der Waals surface area contributed by atoms with Gasteiger partial charge in [0.1, 0.15) is 5.76 Å². The van der Waals surface area contributed by atoms with Gasteiger partial charge in [0.25, 0.3) is 5.91 Å². The van der Waals surface area contributed by atoms with Crippen LogP contribution in [0, 0.1) is 6.92 Å². The summed E-state index contributed by atoms with van der Waals surface area (Å²) in [7, 11) is 0. The Morgan fingerprint density at radius 3 is 2.80 bits per heavy atom. The zero-order valence-electron chi connectivity index (χ0n) is 8.70. The molecular weight excluding hydrogens is 214 g/mol. The Hall–Kier alpha value is -0.960. The predicted octanol–water partition coefficient (Wildman–Crippen LogP) is 2.43. The zero-order valence-corrected chi connectivity index (χ0v) is 9.46. The topological polar surface area (TPSA) is 33.5 Å². The van der Waals surface area contributed by atoms with E-state index in [1.165, 1.54) is 0 Å². The van der Waals surface area contributed by atoms with Crippen LogP contribution < -0.4 is 0 Å². The number of rotatable bonds is 4. The molecule has 0 aromatic carbocycles. The van der Waals surface area contributed by atoms with E-state index in [1.54, 1.807) is 12.1 Å². The molecule has 82 valence electrons. The Kier molecular flexibility index (Phi) is 3.00. The minimum absolute atomic E-state index is 0.0359. The van der Waals surface area contributed by atoms with E-state index in [2.05, 4.69) is 0 Å². The zero-order chi connectivity index (χ0) is 10.8. The molecule has 1 aromatic heterocycles. The number of nitrogens with zero attached hydrogens (tertiary/aromatic N) is 1. The summed E-state index contributed by atoms with van der Waals surface area (Å²) in [6.07, 6.45) is 2.17. The van der Waals surface area contributed by atoms with E-state index < -0.39 is 0 Å². The molecule has 0 bridgehead atoms. The average Bonchev–Trinajstić information content (AvgIpc) is 2.96. The van der Waals surface area contributed by atoms with Crippen LogP contribution in [-0.4, -0.2) is 29.3 Å². The molecule has 1 amide bonds. The Labute approximate surface area is 94.0 Å². The Morgan fingerprint density at radius 2 is 2.33 bits per heavy atom. The molecule has 0 N–H and O–H groups in total. The van der Waals surface area contributed by atoms with Crippen molar-refractivity contribution in [3.05, 3.63) is 23.7 Å². The summed E-state index contributed by atoms with van der Waals surface area (Å²) in [4.78, 5) is 13.8. The minimum atomic E-state index is -0.0359. The number of furan rings is 1. The van der Waals surface area contributed by atoms with Crippen LogP contribution in [0.5, 0.6) is 0 Å². The molecule has 0 aliphatic heterocycles. The van der Waals surface area contributed by atoms with Crippen molar-refractivity contribution in [2.24, 2.45) is 0 Å². The van der Waals surface area contributed by atoms with Crippen molar-refractivity contribution in [2.45, 2.75) is 25.8 Å². The first-order valence-electron chi connectivity index (χ1n) is 5.15. The van der Waals surface area contributed by atoms with Crippen LogP contribution in [0.15, 0.2) is 16.5 Å². The van der Waals surface area contributed by atoms with Gasteiger partial charge < -0.3 is 9.32 Å². The van der Waals surface area contributed by atoms with Crippen molar-refractivity contribution in [1.29, 1.82) is 0 Å². The lowest BCUT2D eigenvalue weighted by Gasteiger charge is -2.19. The fourth-order valence-electron chi connectivity index (χ4n) is 1.62. The standard InChI is InChI=1S/C11H14ClNO2/c1-8-2-5-10(15-8)11(14)13(7-6-12)9-3-4-9/h2,5,9H,3-4,6-7H2,1H3. The minimum Gasteiger partial charge on any atom is -0.456 e. The number of hydrogen-bond acceptors (Lipinski definition) is 2. The van der Waals surface area contributed by atoms with E-state index in [0.717, 1.165) is 18.6 Å². The molecule has 0 radical (unpaired) electrons. The number of aryl methyl sites for hydroxylation is 1. The molecular formula is C11H14ClNO2. The highest BCUT2D eigenvalue weighted by atomic mass is 35.5. The van der Waals surface area contributed by atoms with Gasteiger partial charge in [0.05, 0.1) is 0 Å². The van der Waals surface area contributed by atoms with Crippen molar-refractivity contribution < 1.29 is 9.21 Å². The molecule has 2 rings (SSSR count). The van der Waals surface area contributed by atoms with Crippen molar-refractivity contribution in [1.82, 2.24) is 4.90 Å². The summed E-state index contributed by atoms with van der Waals surface area (Å²) in [5.41, 5.74) is 0. The average molecular weight is 228 g/mol. The summed E-state index contributed by atoms with van der Waals surface area (Å²) in [6, 6.07) is 3.90. The second kappa shape index (κ2) is 4.27. The maximum atomic E-state index is 12.0. The summed E-state index contributed by atoms with van der Waals surface area (Å²) < 4.78 is 5.32. The molecule has 1 aliphatic rings. The van der Waals surface area contributed by atoms with Crippen molar-refractivity contribution in [3.63, 3.8) is 0 Å². The van der Waals surface area contributed by atoms with E-state index in [0.29, 0.717) is 24.2 Å². The van der Waals surface area contributed by atoms with Gasteiger partial charge in [-0.05, 0) is 31.9 Å². The summed E-state index contributed by atoms with van der Waals surface area (Å²) in [6.45, 7) is 2.44. The quantitative estimate of drug-likeness (QED) is 0.741. The third kappa shape index (κ3) is 2.34. The van der Waals surface area contributed by atoms with E-state index in [4.69, 9.17) is 16.0 Å². The summed E-state index contributed by atoms with van der Waals surface area (Å²) in [5, 5.41) is 0. The molecule has 1 saturated carbocycles. The molecule has 1 heterocycles. The summed E-state index contributed by atoms with van der Waals surface area (Å²) in [5.74, 6) is 1.62. The molecule has 0 atom stereocenters. The van der Waals surface area contributed by atoms with Gasteiger partial charge in [0.2, 0.25) is 0 Å². The first-order valence-corrected chi connectivity index (χ1v) is 5.69. The number of halogens is 1. The Bertz CT molecular complexity index is 357. The van der Waals surface area contributed by atoms with Gasteiger partial charge >= 0.3 is 0 Å². The largest absolute Gasteiger partial charge is 0.456 e. The van der Waals surface area contributed by atoms with Gasteiger partial charge in [-0.2, -0.15) is 0 Å². The lowest BCUT2D eigenvalue weighted by atomic mass is 10.3. The molecule has 0 unspecified atom stereocenters. The second-order valence-corrected chi connectivity index (χ2v) is 4.21. The normalized spacial score (nSPS) is 15.3. The van der Waals surface area contributed by atoms with Crippen molar-refractivity contribution in [2.75, 3.05) is 12.4 Å². The molecule has 4 heteroatoms. The van der Waals surface area contributed by atoms with Crippen LogP contribution >= 0.6 is 11.6 Å². The van der Waals surface area contributed by atoms with E-state index in [1.807, 2.05) is 11.8 Å². The fourth-order valence-corrected chi connectivity index (χ4v) is 1.80. The van der Waals surface area contributed by atoms with Crippen LogP contribution in [0.25, 0.3) is 0 Å². The highest BCUT2D eigenvalue weighted by Crippen LogP contribution is 2.28. The van der Waals surface area contributed by atoms with E-state index in [9.17, 15) is 4.79 Å². The number of hydrogen-bond donors (Lipinski definition) is 0. The highest BCUT2D eigenvalue weighted by Gasteiger charge is 2.33. The smallest absolute Gasteiger partial charge is 0.289 e. The highest BCUT2D eigenvalue weighted by molar-refractivity contribution is 6.18. The number of carbonyl (C=O) groups is 1. The third-order valence-electron chi connectivity index (χ3n) is 2.53. The van der Waals surface area contributed by atoms with Crippen LogP contribution in [0.2, 0.25) is 0 Å². The van der Waals surface area contributed by atoms with Gasteiger partial charge in [-0.3, -0.25) is 4.79 Å². The van der Waals surface area contributed by atoms with Crippen LogP contribution in [-0.2, 0) is 0 Å².